The second-order valence-corrected chi connectivity index (χ2v) is 6.21. The van der Waals surface area contributed by atoms with Gasteiger partial charge in [-0.25, -0.2) is 0 Å². The molecule has 0 aromatic carbocycles. The highest BCUT2D eigenvalue weighted by Gasteiger charge is 2.39. The van der Waals surface area contributed by atoms with Crippen molar-refractivity contribution >= 4 is 5.91 Å². The Labute approximate surface area is 116 Å². The topological polar surface area (TPSA) is 55.6 Å². The van der Waals surface area contributed by atoms with Crippen LogP contribution >= 0.6 is 0 Å². The van der Waals surface area contributed by atoms with Crippen molar-refractivity contribution in [3.8, 4) is 0 Å². The number of ether oxygens (including phenoxy) is 1. The fraction of sp³-hybridized carbons (Fsp3) is 0.933. The number of carbonyl (C=O) groups excluding carboxylic acids is 1. The zero-order valence-electron chi connectivity index (χ0n) is 12.2. The Kier molecular flexibility index (Phi) is 5.22. The maximum absolute atomic E-state index is 12.4. The number of carbonyl (C=O) groups is 1. The molecule has 2 aliphatic rings. The highest BCUT2D eigenvalue weighted by molar-refractivity contribution is 5.77. The predicted molar refractivity (Wildman–Crippen MR) is 75.8 cm³/mol. The molecule has 1 aliphatic carbocycles. The van der Waals surface area contributed by atoms with E-state index >= 15 is 0 Å². The molecule has 0 bridgehead atoms. The molecule has 110 valence electrons. The fourth-order valence-corrected chi connectivity index (χ4v) is 3.15. The zero-order chi connectivity index (χ0) is 13.7. The Morgan fingerprint density at radius 3 is 2.79 bits per heavy atom. The van der Waals surface area contributed by atoms with Gasteiger partial charge >= 0.3 is 0 Å². The van der Waals surface area contributed by atoms with Crippen LogP contribution in [0.4, 0.5) is 0 Å². The molecule has 1 unspecified atom stereocenters. The summed E-state index contributed by atoms with van der Waals surface area (Å²) in [4.78, 5) is 14.4. The number of rotatable bonds is 6. The maximum Gasteiger partial charge on any atom is 0.223 e. The van der Waals surface area contributed by atoms with Crippen molar-refractivity contribution in [3.05, 3.63) is 0 Å². The summed E-state index contributed by atoms with van der Waals surface area (Å²) in [6.07, 6.45) is 7.56. The van der Waals surface area contributed by atoms with Crippen molar-refractivity contribution in [1.29, 1.82) is 0 Å². The standard InChI is InChI=1S/C15H28N2O2/c1-2-9-19-13-5-3-8-17(11-13)14(18)10-15(12-16)6-4-7-15/h13H,2-12,16H2,1H3. The minimum Gasteiger partial charge on any atom is -0.376 e. The first kappa shape index (κ1) is 14.8. The lowest BCUT2D eigenvalue weighted by Crippen LogP contribution is -2.47. The van der Waals surface area contributed by atoms with Gasteiger partial charge in [0.25, 0.3) is 0 Å². The van der Waals surface area contributed by atoms with Gasteiger partial charge in [0.05, 0.1) is 6.10 Å². The molecule has 1 saturated heterocycles. The first-order chi connectivity index (χ1) is 9.19. The molecule has 1 saturated carbocycles. The van der Waals surface area contributed by atoms with Crippen LogP contribution in [0.15, 0.2) is 0 Å². The molecular weight excluding hydrogens is 240 g/mol. The van der Waals surface area contributed by atoms with Crippen molar-refractivity contribution in [2.24, 2.45) is 11.1 Å². The van der Waals surface area contributed by atoms with Crippen molar-refractivity contribution in [1.82, 2.24) is 4.90 Å². The molecule has 2 rings (SSSR count). The summed E-state index contributed by atoms with van der Waals surface area (Å²) in [5.74, 6) is 0.287. The molecule has 4 heteroatoms. The molecule has 1 atom stereocenters. The third-order valence-corrected chi connectivity index (χ3v) is 4.66. The number of hydrogen-bond acceptors (Lipinski definition) is 3. The van der Waals surface area contributed by atoms with E-state index in [9.17, 15) is 4.79 Å². The number of amides is 1. The molecule has 1 amide bonds. The molecule has 1 aliphatic heterocycles. The summed E-state index contributed by atoms with van der Waals surface area (Å²) in [7, 11) is 0. The molecule has 2 N–H and O–H groups in total. The van der Waals surface area contributed by atoms with Gasteiger partial charge in [-0.3, -0.25) is 4.79 Å². The number of nitrogens with zero attached hydrogens (tertiary/aromatic N) is 1. The third-order valence-electron chi connectivity index (χ3n) is 4.66. The van der Waals surface area contributed by atoms with Gasteiger partial charge in [0.2, 0.25) is 5.91 Å². The Bertz CT molecular complexity index is 297. The monoisotopic (exact) mass is 268 g/mol. The number of likely N-dealkylation sites (tertiary alicyclic amines) is 1. The summed E-state index contributed by atoms with van der Waals surface area (Å²) in [6.45, 7) is 5.25. The number of nitrogens with two attached hydrogens (primary N) is 1. The average molecular weight is 268 g/mol. The normalized spacial score (nSPS) is 26.0. The molecule has 0 radical (unpaired) electrons. The number of piperidine rings is 1. The van der Waals surface area contributed by atoms with Gasteiger partial charge < -0.3 is 15.4 Å². The van der Waals surface area contributed by atoms with Gasteiger partial charge in [-0.1, -0.05) is 13.3 Å². The van der Waals surface area contributed by atoms with Gasteiger partial charge in [-0.15, -0.1) is 0 Å². The van der Waals surface area contributed by atoms with Gasteiger partial charge in [0, 0.05) is 26.1 Å². The Balaban J connectivity index is 1.81. The van der Waals surface area contributed by atoms with Crippen LogP contribution in [-0.2, 0) is 9.53 Å². The van der Waals surface area contributed by atoms with Gasteiger partial charge in [0.1, 0.15) is 0 Å². The second kappa shape index (κ2) is 6.71. The highest BCUT2D eigenvalue weighted by Crippen LogP contribution is 2.43. The van der Waals surface area contributed by atoms with Crippen LogP contribution in [0, 0.1) is 5.41 Å². The molecule has 19 heavy (non-hydrogen) atoms. The minimum absolute atomic E-state index is 0.119. The SMILES string of the molecule is CCCOC1CCCN(C(=O)CC2(CN)CCC2)C1. The summed E-state index contributed by atoms with van der Waals surface area (Å²) in [5.41, 5.74) is 5.96. The Morgan fingerprint density at radius 2 is 2.21 bits per heavy atom. The van der Waals surface area contributed by atoms with E-state index in [1.807, 2.05) is 4.90 Å². The van der Waals surface area contributed by atoms with Gasteiger partial charge in [0.15, 0.2) is 0 Å². The van der Waals surface area contributed by atoms with E-state index in [1.54, 1.807) is 0 Å². The van der Waals surface area contributed by atoms with Crippen molar-refractivity contribution in [2.45, 2.75) is 58.0 Å². The summed E-state index contributed by atoms with van der Waals surface area (Å²) in [5, 5.41) is 0. The lowest BCUT2D eigenvalue weighted by atomic mass is 9.66. The lowest BCUT2D eigenvalue weighted by molar-refractivity contribution is -0.139. The lowest BCUT2D eigenvalue weighted by Gasteiger charge is -2.42. The van der Waals surface area contributed by atoms with Crippen LogP contribution < -0.4 is 5.73 Å². The van der Waals surface area contributed by atoms with Crippen molar-refractivity contribution < 1.29 is 9.53 Å². The van der Waals surface area contributed by atoms with E-state index in [0.29, 0.717) is 13.0 Å². The molecule has 0 spiro atoms. The van der Waals surface area contributed by atoms with E-state index < -0.39 is 0 Å². The van der Waals surface area contributed by atoms with Crippen molar-refractivity contribution in [2.75, 3.05) is 26.2 Å². The average Bonchev–Trinajstić information content (AvgIpc) is 2.40. The first-order valence-electron chi connectivity index (χ1n) is 7.78. The summed E-state index contributed by atoms with van der Waals surface area (Å²) < 4.78 is 5.79. The van der Waals surface area contributed by atoms with E-state index in [1.165, 1.54) is 6.42 Å². The van der Waals surface area contributed by atoms with Gasteiger partial charge in [-0.2, -0.15) is 0 Å². The van der Waals surface area contributed by atoms with Crippen LogP contribution in [0.3, 0.4) is 0 Å². The van der Waals surface area contributed by atoms with E-state index in [4.69, 9.17) is 10.5 Å². The molecule has 0 aromatic rings. The van der Waals surface area contributed by atoms with Crippen LogP contribution in [-0.4, -0.2) is 43.2 Å². The Morgan fingerprint density at radius 1 is 1.42 bits per heavy atom. The molecular formula is C15H28N2O2. The van der Waals surface area contributed by atoms with Gasteiger partial charge in [-0.05, 0) is 44.1 Å². The maximum atomic E-state index is 12.4. The number of hydrogen-bond donors (Lipinski definition) is 1. The third kappa shape index (κ3) is 3.69. The molecule has 4 nitrogen and oxygen atoms in total. The van der Waals surface area contributed by atoms with Crippen LogP contribution in [0.1, 0.15) is 51.9 Å². The smallest absolute Gasteiger partial charge is 0.223 e. The molecule has 0 aromatic heterocycles. The highest BCUT2D eigenvalue weighted by atomic mass is 16.5. The van der Waals surface area contributed by atoms with E-state index in [0.717, 1.165) is 51.8 Å². The van der Waals surface area contributed by atoms with E-state index in [2.05, 4.69) is 6.92 Å². The quantitative estimate of drug-likeness (QED) is 0.800. The second-order valence-electron chi connectivity index (χ2n) is 6.21. The molecule has 2 fully saturated rings. The molecule has 1 heterocycles. The Hall–Kier alpha value is -0.610. The summed E-state index contributed by atoms with van der Waals surface area (Å²) in [6, 6.07) is 0. The fourth-order valence-electron chi connectivity index (χ4n) is 3.15. The van der Waals surface area contributed by atoms with Crippen LogP contribution in [0.5, 0.6) is 0 Å². The van der Waals surface area contributed by atoms with E-state index in [-0.39, 0.29) is 17.4 Å². The van der Waals surface area contributed by atoms with Crippen LogP contribution in [0.25, 0.3) is 0 Å². The minimum atomic E-state index is 0.119. The largest absolute Gasteiger partial charge is 0.376 e. The van der Waals surface area contributed by atoms with Crippen molar-refractivity contribution in [3.63, 3.8) is 0 Å². The predicted octanol–water partition coefficient (Wildman–Crippen LogP) is 1.92. The summed E-state index contributed by atoms with van der Waals surface area (Å²) >= 11 is 0. The zero-order valence-corrected chi connectivity index (χ0v) is 12.2. The first-order valence-corrected chi connectivity index (χ1v) is 7.78. The van der Waals surface area contributed by atoms with Crippen LogP contribution in [0.2, 0.25) is 0 Å².